The Bertz CT molecular complexity index is 671. The third-order valence-corrected chi connectivity index (χ3v) is 6.07. The van der Waals surface area contributed by atoms with Gasteiger partial charge in [0.15, 0.2) is 0 Å². The summed E-state index contributed by atoms with van der Waals surface area (Å²) in [7, 11) is -3.74. The molecule has 1 aliphatic heterocycles. The normalized spacial score (nSPS) is 18.3. The van der Waals surface area contributed by atoms with Crippen molar-refractivity contribution in [2.75, 3.05) is 26.2 Å². The highest BCUT2D eigenvalue weighted by Crippen LogP contribution is 2.28. The molecule has 0 spiro atoms. The standard InChI is InChI=1S/C13H17Cl2N3O3S/c1-9(16)13(19)17-4-6-18(7-5-17)22(20,21)12-8-10(14)2-3-11(12)15/h2-3,8-9H,4-7,16H2,1H3/t9-/m0/s1. The van der Waals surface area contributed by atoms with Crippen LogP contribution in [0.2, 0.25) is 10.0 Å². The van der Waals surface area contributed by atoms with E-state index in [1.54, 1.807) is 11.8 Å². The van der Waals surface area contributed by atoms with Crippen LogP contribution in [-0.4, -0.2) is 55.8 Å². The first-order valence-corrected chi connectivity index (χ1v) is 8.92. The van der Waals surface area contributed by atoms with Crippen molar-refractivity contribution in [1.82, 2.24) is 9.21 Å². The summed E-state index contributed by atoms with van der Waals surface area (Å²) in [6.07, 6.45) is 0. The number of nitrogens with zero attached hydrogens (tertiary/aromatic N) is 2. The lowest BCUT2D eigenvalue weighted by molar-refractivity contribution is -0.133. The topological polar surface area (TPSA) is 83.7 Å². The number of hydrogen-bond acceptors (Lipinski definition) is 4. The van der Waals surface area contributed by atoms with Gasteiger partial charge in [0.25, 0.3) is 0 Å². The smallest absolute Gasteiger partial charge is 0.244 e. The minimum atomic E-state index is -3.74. The van der Waals surface area contributed by atoms with Crippen LogP contribution in [0.5, 0.6) is 0 Å². The zero-order chi connectivity index (χ0) is 16.5. The fourth-order valence-corrected chi connectivity index (χ4v) is 4.41. The summed E-state index contributed by atoms with van der Waals surface area (Å²) in [6, 6.07) is 3.72. The first kappa shape index (κ1) is 17.5. The SMILES string of the molecule is C[C@H](N)C(=O)N1CCN(S(=O)(=O)c2cc(Cl)ccc2Cl)CC1. The summed E-state index contributed by atoms with van der Waals surface area (Å²) in [4.78, 5) is 13.4. The summed E-state index contributed by atoms with van der Waals surface area (Å²) in [5.41, 5.74) is 5.56. The monoisotopic (exact) mass is 365 g/mol. The van der Waals surface area contributed by atoms with Crippen LogP contribution in [0.25, 0.3) is 0 Å². The Morgan fingerprint density at radius 3 is 2.36 bits per heavy atom. The molecule has 0 radical (unpaired) electrons. The maximum atomic E-state index is 12.6. The molecule has 1 saturated heterocycles. The lowest BCUT2D eigenvalue weighted by Gasteiger charge is -2.34. The van der Waals surface area contributed by atoms with Crippen molar-refractivity contribution in [3.05, 3.63) is 28.2 Å². The second-order valence-corrected chi connectivity index (χ2v) is 7.84. The third-order valence-electron chi connectivity index (χ3n) is 3.45. The van der Waals surface area contributed by atoms with Crippen molar-refractivity contribution in [3.8, 4) is 0 Å². The molecule has 0 bridgehead atoms. The third kappa shape index (κ3) is 3.55. The minimum Gasteiger partial charge on any atom is -0.339 e. The molecule has 1 amide bonds. The minimum absolute atomic E-state index is 0.0198. The summed E-state index contributed by atoms with van der Waals surface area (Å²) in [5, 5.41) is 0.423. The molecule has 1 fully saturated rings. The van der Waals surface area contributed by atoms with Gasteiger partial charge < -0.3 is 10.6 Å². The van der Waals surface area contributed by atoms with Gasteiger partial charge in [-0.1, -0.05) is 23.2 Å². The number of hydrogen-bond donors (Lipinski definition) is 1. The Hall–Kier alpha value is -0.860. The van der Waals surface area contributed by atoms with E-state index < -0.39 is 16.1 Å². The quantitative estimate of drug-likeness (QED) is 0.871. The van der Waals surface area contributed by atoms with Gasteiger partial charge in [-0.3, -0.25) is 4.79 Å². The van der Waals surface area contributed by atoms with Gasteiger partial charge >= 0.3 is 0 Å². The fourth-order valence-electron chi connectivity index (χ4n) is 2.25. The summed E-state index contributed by atoms with van der Waals surface area (Å²) in [6.45, 7) is 2.61. The molecule has 1 heterocycles. The maximum Gasteiger partial charge on any atom is 0.244 e. The van der Waals surface area contributed by atoms with Gasteiger partial charge in [0, 0.05) is 31.2 Å². The maximum absolute atomic E-state index is 12.6. The molecule has 9 heteroatoms. The zero-order valence-corrected chi connectivity index (χ0v) is 14.3. The van der Waals surface area contributed by atoms with Crippen LogP contribution in [0, 0.1) is 0 Å². The number of rotatable bonds is 3. The van der Waals surface area contributed by atoms with Crippen molar-refractivity contribution in [2.24, 2.45) is 5.73 Å². The summed E-state index contributed by atoms with van der Waals surface area (Å²) in [5.74, 6) is -0.183. The Morgan fingerprint density at radius 2 is 1.82 bits per heavy atom. The first-order valence-electron chi connectivity index (χ1n) is 6.73. The van der Waals surface area contributed by atoms with Gasteiger partial charge in [0.2, 0.25) is 15.9 Å². The molecule has 0 aromatic heterocycles. The summed E-state index contributed by atoms with van der Waals surface area (Å²) < 4.78 is 26.6. The van der Waals surface area contributed by atoms with E-state index in [2.05, 4.69) is 0 Å². The molecule has 2 N–H and O–H groups in total. The van der Waals surface area contributed by atoms with Crippen molar-refractivity contribution in [3.63, 3.8) is 0 Å². The Kier molecular flexibility index (Phi) is 5.34. The average molecular weight is 366 g/mol. The number of carbonyl (C=O) groups is 1. The first-order chi connectivity index (χ1) is 10.2. The van der Waals surface area contributed by atoms with E-state index >= 15 is 0 Å². The van der Waals surface area contributed by atoms with Gasteiger partial charge in [-0.25, -0.2) is 8.42 Å². The molecule has 2 rings (SSSR count). The van der Waals surface area contributed by atoms with Crippen molar-refractivity contribution in [1.29, 1.82) is 0 Å². The highest BCUT2D eigenvalue weighted by Gasteiger charge is 2.32. The molecular weight excluding hydrogens is 349 g/mol. The largest absolute Gasteiger partial charge is 0.339 e. The number of nitrogens with two attached hydrogens (primary N) is 1. The Morgan fingerprint density at radius 1 is 1.23 bits per heavy atom. The molecule has 0 unspecified atom stereocenters. The van der Waals surface area contributed by atoms with E-state index in [4.69, 9.17) is 28.9 Å². The second kappa shape index (κ2) is 6.72. The molecule has 22 heavy (non-hydrogen) atoms. The molecule has 0 saturated carbocycles. The van der Waals surface area contributed by atoms with Gasteiger partial charge in [-0.05, 0) is 25.1 Å². The van der Waals surface area contributed by atoms with E-state index in [0.29, 0.717) is 18.1 Å². The van der Waals surface area contributed by atoms with Crippen LogP contribution in [0.15, 0.2) is 23.1 Å². The number of halogens is 2. The molecule has 0 aliphatic carbocycles. The lowest BCUT2D eigenvalue weighted by Crippen LogP contribution is -2.53. The van der Waals surface area contributed by atoms with E-state index in [0.717, 1.165) is 0 Å². The molecule has 6 nitrogen and oxygen atoms in total. The van der Waals surface area contributed by atoms with Crippen LogP contribution >= 0.6 is 23.2 Å². The summed E-state index contributed by atoms with van der Waals surface area (Å²) >= 11 is 11.8. The molecular formula is C13H17Cl2N3O3S. The molecule has 1 aromatic carbocycles. The van der Waals surface area contributed by atoms with E-state index in [-0.39, 0.29) is 28.9 Å². The van der Waals surface area contributed by atoms with Crippen LogP contribution in [0.3, 0.4) is 0 Å². The zero-order valence-electron chi connectivity index (χ0n) is 12.0. The lowest BCUT2D eigenvalue weighted by atomic mass is 10.2. The van der Waals surface area contributed by atoms with Crippen molar-refractivity contribution >= 4 is 39.1 Å². The van der Waals surface area contributed by atoms with Gasteiger partial charge in [-0.15, -0.1) is 0 Å². The van der Waals surface area contributed by atoms with E-state index in [1.165, 1.54) is 22.5 Å². The highest BCUT2D eigenvalue weighted by molar-refractivity contribution is 7.89. The van der Waals surface area contributed by atoms with Crippen molar-refractivity contribution in [2.45, 2.75) is 17.9 Å². The molecule has 1 aliphatic rings. The predicted octanol–water partition coefficient (Wildman–Crippen LogP) is 1.17. The Balaban J connectivity index is 2.16. The van der Waals surface area contributed by atoms with Crippen LogP contribution in [-0.2, 0) is 14.8 Å². The number of carbonyl (C=O) groups excluding carboxylic acids is 1. The van der Waals surface area contributed by atoms with Gasteiger partial charge in [-0.2, -0.15) is 4.31 Å². The van der Waals surface area contributed by atoms with Crippen LogP contribution in [0.1, 0.15) is 6.92 Å². The average Bonchev–Trinajstić information content (AvgIpc) is 2.48. The molecule has 122 valence electrons. The Labute approximate surface area is 139 Å². The predicted molar refractivity (Wildman–Crippen MR) is 85.5 cm³/mol. The van der Waals surface area contributed by atoms with Crippen LogP contribution in [0.4, 0.5) is 0 Å². The van der Waals surface area contributed by atoms with E-state index in [9.17, 15) is 13.2 Å². The molecule has 1 atom stereocenters. The number of amides is 1. The van der Waals surface area contributed by atoms with Crippen molar-refractivity contribution < 1.29 is 13.2 Å². The van der Waals surface area contributed by atoms with Crippen LogP contribution < -0.4 is 5.73 Å². The number of sulfonamides is 1. The molecule has 1 aromatic rings. The number of piperazine rings is 1. The fraction of sp³-hybridized carbons (Fsp3) is 0.462. The second-order valence-electron chi connectivity index (χ2n) is 5.09. The van der Waals surface area contributed by atoms with E-state index in [1.807, 2.05) is 0 Å². The highest BCUT2D eigenvalue weighted by atomic mass is 35.5. The van der Waals surface area contributed by atoms with Gasteiger partial charge in [0.1, 0.15) is 4.90 Å². The van der Waals surface area contributed by atoms with Gasteiger partial charge in [0.05, 0.1) is 11.1 Å². The number of benzene rings is 1.